The standard InChI is InChI=1S/C20H25N5O/c1-4-17(26)22-12-8-11-16-18-13(2)14(3)25(21)20(18)24-19(23-16)15-9-6-5-7-10-15/h5-7,9-10H,4,8,11-12,21H2,1-3H3,(H,22,26). The first-order valence-electron chi connectivity index (χ1n) is 8.98. The van der Waals surface area contributed by atoms with Gasteiger partial charge in [-0.05, 0) is 32.3 Å². The van der Waals surface area contributed by atoms with Gasteiger partial charge < -0.3 is 11.2 Å². The van der Waals surface area contributed by atoms with Gasteiger partial charge in [0.1, 0.15) is 0 Å². The molecule has 0 aliphatic heterocycles. The van der Waals surface area contributed by atoms with Gasteiger partial charge in [0, 0.05) is 29.6 Å². The minimum Gasteiger partial charge on any atom is -0.356 e. The summed E-state index contributed by atoms with van der Waals surface area (Å²) in [6.07, 6.45) is 2.08. The summed E-state index contributed by atoms with van der Waals surface area (Å²) in [4.78, 5) is 21.0. The van der Waals surface area contributed by atoms with Crippen molar-refractivity contribution in [1.82, 2.24) is 20.0 Å². The number of amides is 1. The van der Waals surface area contributed by atoms with Crippen LogP contribution in [0, 0.1) is 13.8 Å². The lowest BCUT2D eigenvalue weighted by atomic mass is 10.1. The number of rotatable bonds is 6. The molecule has 2 heterocycles. The Labute approximate surface area is 153 Å². The number of nitrogens with zero attached hydrogens (tertiary/aromatic N) is 3. The van der Waals surface area contributed by atoms with Crippen LogP contribution in [0.4, 0.5) is 0 Å². The number of hydrogen-bond donors (Lipinski definition) is 2. The number of fused-ring (bicyclic) bond motifs is 1. The zero-order chi connectivity index (χ0) is 18.7. The predicted octanol–water partition coefficient (Wildman–Crippen LogP) is 2.89. The second kappa shape index (κ2) is 7.56. The Morgan fingerprint density at radius 2 is 1.92 bits per heavy atom. The third-order valence-electron chi connectivity index (χ3n) is 4.74. The van der Waals surface area contributed by atoms with E-state index < -0.39 is 0 Å². The van der Waals surface area contributed by atoms with Crippen molar-refractivity contribution in [2.75, 3.05) is 12.4 Å². The van der Waals surface area contributed by atoms with Crippen LogP contribution in [0.2, 0.25) is 0 Å². The number of aromatic nitrogens is 3. The van der Waals surface area contributed by atoms with Crippen LogP contribution < -0.4 is 11.2 Å². The van der Waals surface area contributed by atoms with Crippen molar-refractivity contribution >= 4 is 16.9 Å². The topological polar surface area (TPSA) is 85.8 Å². The van der Waals surface area contributed by atoms with E-state index in [0.717, 1.165) is 46.4 Å². The molecule has 2 aromatic heterocycles. The zero-order valence-electron chi connectivity index (χ0n) is 15.5. The third-order valence-corrected chi connectivity index (χ3v) is 4.74. The van der Waals surface area contributed by atoms with Crippen molar-refractivity contribution in [3.63, 3.8) is 0 Å². The molecule has 0 aliphatic rings. The highest BCUT2D eigenvalue weighted by molar-refractivity contribution is 5.86. The van der Waals surface area contributed by atoms with Crippen LogP contribution in [-0.2, 0) is 11.2 Å². The molecular weight excluding hydrogens is 326 g/mol. The molecule has 1 amide bonds. The average Bonchev–Trinajstić information content (AvgIpc) is 2.89. The van der Waals surface area contributed by atoms with E-state index in [1.807, 2.05) is 44.2 Å². The minimum absolute atomic E-state index is 0.0722. The monoisotopic (exact) mass is 351 g/mol. The molecule has 0 aliphatic carbocycles. The maximum absolute atomic E-state index is 11.4. The smallest absolute Gasteiger partial charge is 0.219 e. The summed E-state index contributed by atoms with van der Waals surface area (Å²) in [5.41, 5.74) is 4.78. The summed E-state index contributed by atoms with van der Waals surface area (Å²) in [6, 6.07) is 9.91. The molecule has 3 rings (SSSR count). The van der Waals surface area contributed by atoms with Gasteiger partial charge in [-0.15, -0.1) is 0 Å². The molecule has 0 fully saturated rings. The van der Waals surface area contributed by atoms with Gasteiger partial charge in [0.25, 0.3) is 0 Å². The van der Waals surface area contributed by atoms with E-state index in [0.29, 0.717) is 18.8 Å². The SMILES string of the molecule is CCC(=O)NCCCc1nc(-c2ccccc2)nc2c1c(C)c(C)n2N. The number of nitrogens with one attached hydrogen (secondary N) is 1. The lowest BCUT2D eigenvalue weighted by Gasteiger charge is -2.09. The maximum Gasteiger partial charge on any atom is 0.219 e. The summed E-state index contributed by atoms with van der Waals surface area (Å²) in [5.74, 6) is 6.98. The quantitative estimate of drug-likeness (QED) is 0.528. The molecule has 0 spiro atoms. The number of benzene rings is 1. The van der Waals surface area contributed by atoms with Gasteiger partial charge in [0.15, 0.2) is 11.5 Å². The largest absolute Gasteiger partial charge is 0.356 e. The average molecular weight is 351 g/mol. The number of carbonyl (C=O) groups excluding carboxylic acids is 1. The van der Waals surface area contributed by atoms with Gasteiger partial charge in [0.2, 0.25) is 5.91 Å². The summed E-state index contributed by atoms with van der Waals surface area (Å²) in [5, 5.41) is 3.94. The maximum atomic E-state index is 11.4. The fourth-order valence-electron chi connectivity index (χ4n) is 3.08. The first-order valence-corrected chi connectivity index (χ1v) is 8.98. The van der Waals surface area contributed by atoms with Gasteiger partial charge in [-0.2, -0.15) is 0 Å². The number of carbonyl (C=O) groups is 1. The number of aryl methyl sites for hydroxylation is 2. The van der Waals surface area contributed by atoms with Crippen LogP contribution in [0.1, 0.15) is 36.7 Å². The highest BCUT2D eigenvalue weighted by atomic mass is 16.1. The summed E-state index contributed by atoms with van der Waals surface area (Å²) >= 11 is 0. The lowest BCUT2D eigenvalue weighted by molar-refractivity contribution is -0.120. The molecule has 3 N–H and O–H groups in total. The molecule has 0 radical (unpaired) electrons. The lowest BCUT2D eigenvalue weighted by Crippen LogP contribution is -2.23. The van der Waals surface area contributed by atoms with Crippen molar-refractivity contribution < 1.29 is 4.79 Å². The molecule has 0 saturated heterocycles. The van der Waals surface area contributed by atoms with Crippen molar-refractivity contribution in [2.45, 2.75) is 40.0 Å². The number of nitrogen functional groups attached to an aromatic ring is 1. The van der Waals surface area contributed by atoms with E-state index in [4.69, 9.17) is 15.8 Å². The number of hydrogen-bond acceptors (Lipinski definition) is 4. The van der Waals surface area contributed by atoms with Crippen molar-refractivity contribution in [1.29, 1.82) is 0 Å². The van der Waals surface area contributed by atoms with Gasteiger partial charge in [-0.25, -0.2) is 14.6 Å². The Hall–Kier alpha value is -2.89. The molecule has 26 heavy (non-hydrogen) atoms. The highest BCUT2D eigenvalue weighted by Gasteiger charge is 2.17. The Bertz CT molecular complexity index is 931. The molecule has 0 unspecified atom stereocenters. The Kier molecular flexibility index (Phi) is 5.21. The van der Waals surface area contributed by atoms with E-state index in [2.05, 4.69) is 12.2 Å². The molecule has 0 atom stereocenters. The van der Waals surface area contributed by atoms with Gasteiger partial charge >= 0.3 is 0 Å². The second-order valence-electron chi connectivity index (χ2n) is 6.45. The minimum atomic E-state index is 0.0722. The van der Waals surface area contributed by atoms with Crippen molar-refractivity contribution in [3.8, 4) is 11.4 Å². The first-order chi connectivity index (χ1) is 12.5. The highest BCUT2D eigenvalue weighted by Crippen LogP contribution is 2.28. The number of nitrogens with two attached hydrogens (primary N) is 1. The van der Waals surface area contributed by atoms with Crippen molar-refractivity contribution in [2.24, 2.45) is 0 Å². The van der Waals surface area contributed by atoms with E-state index in [9.17, 15) is 4.79 Å². The molecular formula is C20H25N5O. The van der Waals surface area contributed by atoms with E-state index >= 15 is 0 Å². The summed E-state index contributed by atoms with van der Waals surface area (Å²) < 4.78 is 1.64. The van der Waals surface area contributed by atoms with E-state index in [-0.39, 0.29) is 5.91 Å². The Morgan fingerprint density at radius 3 is 2.62 bits per heavy atom. The zero-order valence-corrected chi connectivity index (χ0v) is 15.5. The Balaban J connectivity index is 1.99. The van der Waals surface area contributed by atoms with Crippen LogP contribution in [0.5, 0.6) is 0 Å². The van der Waals surface area contributed by atoms with Crippen LogP contribution in [0.3, 0.4) is 0 Å². The fourth-order valence-corrected chi connectivity index (χ4v) is 3.08. The molecule has 0 saturated carbocycles. The summed E-state index contributed by atoms with van der Waals surface area (Å²) in [7, 11) is 0. The molecule has 0 bridgehead atoms. The van der Waals surface area contributed by atoms with Crippen LogP contribution in [0.15, 0.2) is 30.3 Å². The molecule has 6 nitrogen and oxygen atoms in total. The summed E-state index contributed by atoms with van der Waals surface area (Å²) in [6.45, 7) is 6.53. The third kappa shape index (κ3) is 3.40. The first kappa shape index (κ1) is 17.9. The van der Waals surface area contributed by atoms with Gasteiger partial charge in [0.05, 0.1) is 5.69 Å². The van der Waals surface area contributed by atoms with E-state index in [1.54, 1.807) is 4.68 Å². The molecule has 6 heteroatoms. The molecule has 1 aromatic carbocycles. The second-order valence-corrected chi connectivity index (χ2v) is 6.45. The molecule has 136 valence electrons. The van der Waals surface area contributed by atoms with E-state index in [1.165, 1.54) is 0 Å². The fraction of sp³-hybridized carbons (Fsp3) is 0.350. The Morgan fingerprint density at radius 1 is 1.19 bits per heavy atom. The van der Waals surface area contributed by atoms with Crippen molar-refractivity contribution in [3.05, 3.63) is 47.3 Å². The van der Waals surface area contributed by atoms with Crippen LogP contribution in [0.25, 0.3) is 22.4 Å². The normalized spacial score (nSPS) is 11.0. The predicted molar refractivity (Wildman–Crippen MR) is 104 cm³/mol. The van der Waals surface area contributed by atoms with Gasteiger partial charge in [-0.1, -0.05) is 37.3 Å². The van der Waals surface area contributed by atoms with Crippen LogP contribution in [-0.4, -0.2) is 27.1 Å². The molecule has 3 aromatic rings. The van der Waals surface area contributed by atoms with Crippen LogP contribution >= 0.6 is 0 Å². The van der Waals surface area contributed by atoms with Gasteiger partial charge in [-0.3, -0.25) is 4.79 Å².